The first-order chi connectivity index (χ1) is 11.1. The highest BCUT2D eigenvalue weighted by Crippen LogP contribution is 2.16. The Kier molecular flexibility index (Phi) is 4.57. The summed E-state index contributed by atoms with van der Waals surface area (Å²) in [6.07, 6.45) is 0. The Bertz CT molecular complexity index is 838. The lowest BCUT2D eigenvalue weighted by Gasteiger charge is -2.03. The van der Waals surface area contributed by atoms with Gasteiger partial charge in [-0.3, -0.25) is 9.59 Å². The van der Waals surface area contributed by atoms with Crippen molar-refractivity contribution in [3.8, 4) is 0 Å². The van der Waals surface area contributed by atoms with Gasteiger partial charge < -0.3 is 9.73 Å². The summed E-state index contributed by atoms with van der Waals surface area (Å²) in [5.41, 5.74) is 1.19. The van der Waals surface area contributed by atoms with Gasteiger partial charge in [-0.1, -0.05) is 30.3 Å². The molecule has 4 nitrogen and oxygen atoms in total. The van der Waals surface area contributed by atoms with Crippen LogP contribution in [0.2, 0.25) is 0 Å². The zero-order valence-electron chi connectivity index (χ0n) is 12.0. The van der Waals surface area contributed by atoms with Crippen molar-refractivity contribution in [3.05, 3.63) is 87.4 Å². The smallest absolute Gasteiger partial charge is 0.291 e. The van der Waals surface area contributed by atoms with Gasteiger partial charge in [0.2, 0.25) is 5.78 Å². The highest BCUT2D eigenvalue weighted by Gasteiger charge is 2.17. The molecule has 0 saturated heterocycles. The van der Waals surface area contributed by atoms with E-state index in [1.54, 1.807) is 36.4 Å². The van der Waals surface area contributed by atoms with E-state index < -0.39 is 5.91 Å². The molecule has 1 amide bonds. The molecular weight excluding hydrogens is 405 g/mol. The quantitative estimate of drug-likeness (QED) is 0.507. The molecule has 0 atom stereocenters. The van der Waals surface area contributed by atoms with Gasteiger partial charge >= 0.3 is 0 Å². The van der Waals surface area contributed by atoms with E-state index in [0.29, 0.717) is 11.3 Å². The maximum Gasteiger partial charge on any atom is 0.291 e. The maximum atomic E-state index is 12.3. The molecule has 23 heavy (non-hydrogen) atoms. The second-order valence-corrected chi connectivity index (χ2v) is 6.07. The van der Waals surface area contributed by atoms with Gasteiger partial charge in [0, 0.05) is 14.8 Å². The Morgan fingerprint density at radius 2 is 1.48 bits per heavy atom. The third-order valence-corrected chi connectivity index (χ3v) is 3.91. The third-order valence-electron chi connectivity index (χ3n) is 3.19. The van der Waals surface area contributed by atoms with Crippen LogP contribution in [-0.2, 0) is 0 Å². The first-order valence-electron chi connectivity index (χ1n) is 6.90. The average Bonchev–Trinajstić information content (AvgIpc) is 3.07. The van der Waals surface area contributed by atoms with Crippen molar-refractivity contribution in [1.29, 1.82) is 0 Å². The molecule has 5 heteroatoms. The first-order valence-corrected chi connectivity index (χ1v) is 7.98. The molecule has 0 spiro atoms. The van der Waals surface area contributed by atoms with Crippen molar-refractivity contribution in [2.75, 3.05) is 5.32 Å². The fourth-order valence-electron chi connectivity index (χ4n) is 2.04. The van der Waals surface area contributed by atoms with Crippen molar-refractivity contribution in [2.24, 2.45) is 0 Å². The molecule has 0 bridgehead atoms. The molecule has 1 aromatic heterocycles. The molecule has 0 aliphatic heterocycles. The van der Waals surface area contributed by atoms with Crippen molar-refractivity contribution < 1.29 is 14.0 Å². The molecule has 3 aromatic rings. The predicted octanol–water partition coefficient (Wildman–Crippen LogP) is 4.37. The standard InChI is InChI=1S/C18H12INO3/c19-13-6-8-14(9-7-13)20-18(22)16-11-10-15(23-16)17(21)12-4-2-1-3-5-12/h1-11H,(H,20,22). The fourth-order valence-corrected chi connectivity index (χ4v) is 2.40. The second kappa shape index (κ2) is 6.78. The van der Waals surface area contributed by atoms with E-state index >= 15 is 0 Å². The van der Waals surface area contributed by atoms with Crippen LogP contribution >= 0.6 is 22.6 Å². The van der Waals surface area contributed by atoms with Crippen molar-refractivity contribution in [3.63, 3.8) is 0 Å². The van der Waals surface area contributed by atoms with Crippen LogP contribution in [0.25, 0.3) is 0 Å². The summed E-state index contributed by atoms with van der Waals surface area (Å²) in [6, 6.07) is 19.2. The van der Waals surface area contributed by atoms with Gasteiger partial charge in [-0.2, -0.15) is 0 Å². The Morgan fingerprint density at radius 3 is 2.17 bits per heavy atom. The summed E-state index contributed by atoms with van der Waals surface area (Å²) < 4.78 is 6.47. The number of amides is 1. The molecule has 0 aliphatic carbocycles. The van der Waals surface area contributed by atoms with E-state index in [4.69, 9.17) is 4.42 Å². The summed E-state index contributed by atoms with van der Waals surface area (Å²) in [5, 5.41) is 2.73. The third kappa shape index (κ3) is 3.68. The SMILES string of the molecule is O=C(Nc1ccc(I)cc1)c1ccc(C(=O)c2ccccc2)o1. The Labute approximate surface area is 146 Å². The Morgan fingerprint density at radius 1 is 0.826 bits per heavy atom. The van der Waals surface area contributed by atoms with E-state index in [2.05, 4.69) is 27.9 Å². The lowest BCUT2D eigenvalue weighted by atomic mass is 10.1. The van der Waals surface area contributed by atoms with E-state index in [-0.39, 0.29) is 17.3 Å². The molecule has 0 saturated carbocycles. The van der Waals surface area contributed by atoms with Crippen LogP contribution in [-0.4, -0.2) is 11.7 Å². The monoisotopic (exact) mass is 417 g/mol. The topological polar surface area (TPSA) is 59.3 Å². The van der Waals surface area contributed by atoms with E-state index in [9.17, 15) is 9.59 Å². The molecule has 0 unspecified atom stereocenters. The van der Waals surface area contributed by atoms with E-state index in [0.717, 1.165) is 3.57 Å². The minimum Gasteiger partial charge on any atom is -0.447 e. The minimum atomic E-state index is -0.390. The number of benzene rings is 2. The molecule has 0 aliphatic rings. The van der Waals surface area contributed by atoms with Gasteiger partial charge in [0.15, 0.2) is 11.5 Å². The zero-order chi connectivity index (χ0) is 16.2. The number of carbonyl (C=O) groups is 2. The highest BCUT2D eigenvalue weighted by atomic mass is 127. The lowest BCUT2D eigenvalue weighted by Crippen LogP contribution is -2.10. The molecule has 3 rings (SSSR count). The number of anilines is 1. The molecule has 0 fully saturated rings. The summed E-state index contributed by atoms with van der Waals surface area (Å²) in [7, 11) is 0. The van der Waals surface area contributed by atoms with Crippen molar-refractivity contribution >= 4 is 40.0 Å². The average molecular weight is 417 g/mol. The number of ketones is 1. The number of hydrogen-bond acceptors (Lipinski definition) is 3. The molecular formula is C18H12INO3. The summed E-state index contributed by atoms with van der Waals surface area (Å²) in [4.78, 5) is 24.4. The Balaban J connectivity index is 1.75. The van der Waals surface area contributed by atoms with Gasteiger partial charge in [-0.05, 0) is 59.0 Å². The highest BCUT2D eigenvalue weighted by molar-refractivity contribution is 14.1. The van der Waals surface area contributed by atoms with Crippen LogP contribution in [0.4, 0.5) is 5.69 Å². The number of rotatable bonds is 4. The maximum absolute atomic E-state index is 12.3. The minimum absolute atomic E-state index is 0.0998. The van der Waals surface area contributed by atoms with Gasteiger partial charge in [-0.25, -0.2) is 0 Å². The van der Waals surface area contributed by atoms with Crippen LogP contribution < -0.4 is 5.32 Å². The summed E-state index contributed by atoms with van der Waals surface area (Å²) in [5.74, 6) is -0.399. The van der Waals surface area contributed by atoms with E-state index in [1.807, 2.05) is 18.2 Å². The lowest BCUT2D eigenvalue weighted by molar-refractivity contribution is 0.0979. The van der Waals surface area contributed by atoms with Gasteiger partial charge in [0.1, 0.15) is 0 Å². The summed E-state index contributed by atoms with van der Waals surface area (Å²) in [6.45, 7) is 0. The van der Waals surface area contributed by atoms with Gasteiger partial charge in [-0.15, -0.1) is 0 Å². The molecule has 1 N–H and O–H groups in total. The van der Waals surface area contributed by atoms with Crippen LogP contribution in [0.5, 0.6) is 0 Å². The van der Waals surface area contributed by atoms with Crippen LogP contribution in [0.3, 0.4) is 0 Å². The molecule has 0 radical (unpaired) electrons. The van der Waals surface area contributed by atoms with Crippen LogP contribution in [0, 0.1) is 3.57 Å². The number of hydrogen-bond donors (Lipinski definition) is 1. The molecule has 114 valence electrons. The Hall–Kier alpha value is -2.41. The molecule has 2 aromatic carbocycles. The van der Waals surface area contributed by atoms with Crippen LogP contribution in [0.15, 0.2) is 71.1 Å². The van der Waals surface area contributed by atoms with Gasteiger partial charge in [0.25, 0.3) is 5.91 Å². The van der Waals surface area contributed by atoms with Gasteiger partial charge in [0.05, 0.1) is 0 Å². The number of halogens is 1. The van der Waals surface area contributed by atoms with Crippen molar-refractivity contribution in [2.45, 2.75) is 0 Å². The van der Waals surface area contributed by atoms with Crippen molar-refractivity contribution in [1.82, 2.24) is 0 Å². The first kappa shape index (κ1) is 15.5. The fraction of sp³-hybridized carbons (Fsp3) is 0. The number of furan rings is 1. The summed E-state index contributed by atoms with van der Waals surface area (Å²) >= 11 is 2.19. The predicted molar refractivity (Wildman–Crippen MR) is 95.7 cm³/mol. The normalized spacial score (nSPS) is 10.3. The number of carbonyl (C=O) groups excluding carboxylic acids is 2. The zero-order valence-corrected chi connectivity index (χ0v) is 14.1. The van der Waals surface area contributed by atoms with Crippen LogP contribution in [0.1, 0.15) is 26.7 Å². The largest absolute Gasteiger partial charge is 0.447 e. The second-order valence-electron chi connectivity index (χ2n) is 4.82. The number of nitrogens with one attached hydrogen (secondary N) is 1. The van der Waals surface area contributed by atoms with E-state index in [1.165, 1.54) is 12.1 Å². The molecule has 1 heterocycles.